The molecule has 6 nitrogen and oxygen atoms in total. The van der Waals surface area contributed by atoms with Crippen LogP contribution in [-0.2, 0) is 0 Å². The third-order valence-corrected chi connectivity index (χ3v) is 5.67. The maximum Gasteiger partial charge on any atom is 0.279 e. The molecule has 0 spiro atoms. The number of fused-ring (bicyclic) bond motifs is 3. The largest absolute Gasteiger partial charge is 0.431 e. The number of thiazole rings is 1. The van der Waals surface area contributed by atoms with Crippen LogP contribution in [0.4, 0.5) is 0 Å². The standard InChI is InChI=1S/C18H18N4O2S/c19-9-15-10-20-18(25-15)24-14-3-1-13(2-4-14)17(23)21-16-11-22-7-5-12(16)6-8-22/h1-4,10,12,16H,5-8,11H2,(H,21,23). The quantitative estimate of drug-likeness (QED) is 0.913. The van der Waals surface area contributed by atoms with Gasteiger partial charge in [-0.25, -0.2) is 4.98 Å². The Morgan fingerprint density at radius 3 is 2.68 bits per heavy atom. The molecule has 3 aliphatic rings. The molecular formula is C18H18N4O2S. The summed E-state index contributed by atoms with van der Waals surface area (Å²) in [6, 6.07) is 9.29. The first-order chi connectivity index (χ1) is 12.2. The second-order valence-electron chi connectivity index (χ2n) is 6.45. The highest BCUT2D eigenvalue weighted by Crippen LogP contribution is 2.28. The van der Waals surface area contributed by atoms with Gasteiger partial charge < -0.3 is 15.0 Å². The van der Waals surface area contributed by atoms with E-state index in [1.165, 1.54) is 30.4 Å². The molecule has 128 valence electrons. The van der Waals surface area contributed by atoms with Crippen LogP contribution in [0.25, 0.3) is 0 Å². The third-order valence-electron chi connectivity index (χ3n) is 4.89. The van der Waals surface area contributed by atoms with Crippen molar-refractivity contribution in [3.8, 4) is 17.0 Å². The van der Waals surface area contributed by atoms with Crippen molar-refractivity contribution >= 4 is 17.2 Å². The fourth-order valence-electron chi connectivity index (χ4n) is 3.51. The van der Waals surface area contributed by atoms with Crippen LogP contribution in [0, 0.1) is 17.2 Å². The second kappa shape index (κ2) is 6.82. The Balaban J connectivity index is 1.38. The number of nitriles is 1. The van der Waals surface area contributed by atoms with Gasteiger partial charge in [-0.15, -0.1) is 0 Å². The number of hydrogen-bond acceptors (Lipinski definition) is 6. The Morgan fingerprint density at radius 2 is 2.08 bits per heavy atom. The molecule has 0 radical (unpaired) electrons. The zero-order chi connectivity index (χ0) is 17.2. The molecule has 4 heterocycles. The summed E-state index contributed by atoms with van der Waals surface area (Å²) in [6.45, 7) is 3.28. The van der Waals surface area contributed by atoms with Crippen molar-refractivity contribution in [1.82, 2.24) is 15.2 Å². The molecule has 1 aromatic carbocycles. The van der Waals surface area contributed by atoms with Gasteiger partial charge in [-0.05, 0) is 56.1 Å². The normalized spacial score (nSPS) is 24.5. The smallest absolute Gasteiger partial charge is 0.279 e. The number of rotatable bonds is 4. The number of carbonyl (C=O) groups excluding carboxylic acids is 1. The summed E-state index contributed by atoms with van der Waals surface area (Å²) in [5, 5.41) is 12.4. The van der Waals surface area contributed by atoms with Gasteiger partial charge in [0.15, 0.2) is 0 Å². The minimum atomic E-state index is -0.0358. The number of benzene rings is 1. The van der Waals surface area contributed by atoms with Gasteiger partial charge in [-0.1, -0.05) is 11.3 Å². The summed E-state index contributed by atoms with van der Waals surface area (Å²) in [5.41, 5.74) is 0.626. The van der Waals surface area contributed by atoms with E-state index in [2.05, 4.69) is 15.2 Å². The van der Waals surface area contributed by atoms with E-state index in [9.17, 15) is 4.79 Å². The summed E-state index contributed by atoms with van der Waals surface area (Å²) in [7, 11) is 0. The van der Waals surface area contributed by atoms with Crippen molar-refractivity contribution in [3.63, 3.8) is 0 Å². The fourth-order valence-corrected chi connectivity index (χ4v) is 4.09. The number of ether oxygens (including phenoxy) is 1. The Hall–Kier alpha value is -2.43. The zero-order valence-electron chi connectivity index (χ0n) is 13.6. The number of carbonyl (C=O) groups is 1. The molecule has 2 aromatic rings. The molecule has 1 aromatic heterocycles. The average Bonchev–Trinajstić information content (AvgIpc) is 3.11. The highest BCUT2D eigenvalue weighted by atomic mass is 32.1. The predicted octanol–water partition coefficient (Wildman–Crippen LogP) is 2.63. The molecule has 2 bridgehead atoms. The number of aromatic nitrogens is 1. The van der Waals surface area contributed by atoms with E-state index in [1.807, 2.05) is 6.07 Å². The molecule has 1 N–H and O–H groups in total. The van der Waals surface area contributed by atoms with Gasteiger partial charge in [-0.2, -0.15) is 5.26 Å². The molecule has 3 saturated heterocycles. The molecule has 25 heavy (non-hydrogen) atoms. The van der Waals surface area contributed by atoms with Gasteiger partial charge in [0.1, 0.15) is 16.7 Å². The number of piperidine rings is 3. The van der Waals surface area contributed by atoms with Crippen LogP contribution in [0.15, 0.2) is 30.5 Å². The lowest BCUT2D eigenvalue weighted by molar-refractivity contribution is 0.0620. The fraction of sp³-hybridized carbons (Fsp3) is 0.389. The molecule has 1 atom stereocenters. The zero-order valence-corrected chi connectivity index (χ0v) is 14.5. The van der Waals surface area contributed by atoms with Crippen LogP contribution in [0.5, 0.6) is 10.9 Å². The minimum absolute atomic E-state index is 0.0358. The maximum absolute atomic E-state index is 12.5. The van der Waals surface area contributed by atoms with E-state index in [0.29, 0.717) is 27.3 Å². The average molecular weight is 354 g/mol. The summed E-state index contributed by atoms with van der Waals surface area (Å²) >= 11 is 1.19. The van der Waals surface area contributed by atoms with Crippen molar-refractivity contribution in [2.24, 2.45) is 5.92 Å². The SMILES string of the molecule is N#Cc1cnc(Oc2ccc(C(=O)NC3CN4CCC3CC4)cc2)s1. The Labute approximate surface area is 150 Å². The Kier molecular flexibility index (Phi) is 4.38. The van der Waals surface area contributed by atoms with Crippen molar-refractivity contribution < 1.29 is 9.53 Å². The number of nitrogens with one attached hydrogen (secondary N) is 1. The summed E-state index contributed by atoms with van der Waals surface area (Å²) in [4.78, 5) is 19.4. The van der Waals surface area contributed by atoms with Gasteiger partial charge in [0.25, 0.3) is 11.1 Å². The van der Waals surface area contributed by atoms with Crippen LogP contribution in [0.2, 0.25) is 0 Å². The third kappa shape index (κ3) is 3.50. The Bertz CT molecular complexity index is 803. The van der Waals surface area contributed by atoms with E-state index in [1.54, 1.807) is 24.3 Å². The van der Waals surface area contributed by atoms with E-state index >= 15 is 0 Å². The van der Waals surface area contributed by atoms with Crippen molar-refractivity contribution in [1.29, 1.82) is 5.26 Å². The summed E-state index contributed by atoms with van der Waals surface area (Å²) in [5.74, 6) is 1.17. The van der Waals surface area contributed by atoms with Crippen molar-refractivity contribution in [2.45, 2.75) is 18.9 Å². The second-order valence-corrected chi connectivity index (χ2v) is 7.44. The van der Waals surface area contributed by atoms with E-state index in [4.69, 9.17) is 10.00 Å². The van der Waals surface area contributed by atoms with Crippen molar-refractivity contribution in [3.05, 3.63) is 40.9 Å². The van der Waals surface area contributed by atoms with Crippen molar-refractivity contribution in [2.75, 3.05) is 19.6 Å². The van der Waals surface area contributed by atoms with Gasteiger partial charge in [-0.3, -0.25) is 4.79 Å². The molecule has 7 heteroatoms. The monoisotopic (exact) mass is 354 g/mol. The molecule has 3 fully saturated rings. The molecule has 1 unspecified atom stereocenters. The molecule has 0 aliphatic carbocycles. The van der Waals surface area contributed by atoms with E-state index in [0.717, 1.165) is 19.6 Å². The lowest BCUT2D eigenvalue weighted by Crippen LogP contribution is -2.57. The van der Waals surface area contributed by atoms with E-state index in [-0.39, 0.29) is 11.9 Å². The first-order valence-electron chi connectivity index (χ1n) is 8.38. The van der Waals surface area contributed by atoms with Crippen LogP contribution in [-0.4, -0.2) is 41.5 Å². The van der Waals surface area contributed by atoms with Gasteiger partial charge in [0.2, 0.25) is 0 Å². The first kappa shape index (κ1) is 16.1. The maximum atomic E-state index is 12.5. The lowest BCUT2D eigenvalue weighted by Gasteiger charge is -2.44. The molecule has 0 saturated carbocycles. The highest BCUT2D eigenvalue weighted by Gasteiger charge is 2.34. The van der Waals surface area contributed by atoms with Crippen LogP contribution in [0.3, 0.4) is 0 Å². The molecular weight excluding hydrogens is 336 g/mol. The van der Waals surface area contributed by atoms with Crippen LogP contribution >= 0.6 is 11.3 Å². The van der Waals surface area contributed by atoms with Crippen LogP contribution in [0.1, 0.15) is 28.1 Å². The number of hydrogen-bond donors (Lipinski definition) is 1. The predicted molar refractivity (Wildman–Crippen MR) is 93.8 cm³/mol. The van der Waals surface area contributed by atoms with E-state index < -0.39 is 0 Å². The molecule has 3 aliphatic heterocycles. The van der Waals surface area contributed by atoms with Gasteiger partial charge in [0.05, 0.1) is 6.20 Å². The summed E-state index contributed by atoms with van der Waals surface area (Å²) in [6.07, 6.45) is 3.84. The minimum Gasteiger partial charge on any atom is -0.431 e. The summed E-state index contributed by atoms with van der Waals surface area (Å²) < 4.78 is 5.60. The highest BCUT2D eigenvalue weighted by molar-refractivity contribution is 7.13. The lowest BCUT2D eigenvalue weighted by atomic mass is 9.84. The number of nitrogens with zero attached hydrogens (tertiary/aromatic N) is 3. The first-order valence-corrected chi connectivity index (χ1v) is 9.20. The van der Waals surface area contributed by atoms with Crippen LogP contribution < -0.4 is 10.1 Å². The number of amides is 1. The Morgan fingerprint density at radius 1 is 1.32 bits per heavy atom. The molecule has 1 amide bonds. The van der Waals surface area contributed by atoms with Gasteiger partial charge >= 0.3 is 0 Å². The topological polar surface area (TPSA) is 78.2 Å². The van der Waals surface area contributed by atoms with Gasteiger partial charge in [0, 0.05) is 18.2 Å². The molecule has 5 rings (SSSR count).